The van der Waals surface area contributed by atoms with Crippen molar-refractivity contribution in [1.29, 1.82) is 0 Å². The van der Waals surface area contributed by atoms with E-state index in [1.165, 1.54) is 16.2 Å². The molecule has 0 amide bonds. The van der Waals surface area contributed by atoms with Gasteiger partial charge in [0, 0.05) is 28.6 Å². The highest BCUT2D eigenvalue weighted by Crippen LogP contribution is 2.35. The summed E-state index contributed by atoms with van der Waals surface area (Å²) in [4.78, 5) is 24.4. The lowest BCUT2D eigenvalue weighted by molar-refractivity contribution is 1.07. The van der Waals surface area contributed by atoms with Crippen LogP contribution in [0.2, 0.25) is 0 Å². The van der Waals surface area contributed by atoms with Gasteiger partial charge in [-0.15, -0.1) is 0 Å². The van der Waals surface area contributed by atoms with Crippen molar-refractivity contribution in [2.45, 2.75) is 0 Å². The zero-order valence-electron chi connectivity index (χ0n) is 28.5. The molecule has 3 aromatic heterocycles. The molecule has 7 aromatic carbocycles. The first-order valence-corrected chi connectivity index (χ1v) is 17.6. The van der Waals surface area contributed by atoms with Crippen molar-refractivity contribution in [2.75, 3.05) is 0 Å². The quantitative estimate of drug-likeness (QED) is 0.164. The van der Waals surface area contributed by atoms with Crippen molar-refractivity contribution < 1.29 is 0 Å². The monoisotopic (exact) mass is 678 g/mol. The van der Waals surface area contributed by atoms with Gasteiger partial charge in [0.15, 0.2) is 23.3 Å². The minimum atomic E-state index is 0.645. The molecule has 0 spiro atoms. The molecular formula is C47H30N6. The van der Waals surface area contributed by atoms with Crippen LogP contribution < -0.4 is 0 Å². The highest BCUT2D eigenvalue weighted by atomic mass is 15.1. The van der Waals surface area contributed by atoms with Gasteiger partial charge >= 0.3 is 0 Å². The van der Waals surface area contributed by atoms with Crippen molar-refractivity contribution in [1.82, 2.24) is 29.5 Å². The highest BCUT2D eigenvalue weighted by molar-refractivity contribution is 6.09. The Hall–Kier alpha value is -7.31. The van der Waals surface area contributed by atoms with E-state index in [1.54, 1.807) is 0 Å². The Kier molecular flexibility index (Phi) is 7.36. The van der Waals surface area contributed by atoms with E-state index in [2.05, 4.69) is 101 Å². The summed E-state index contributed by atoms with van der Waals surface area (Å²) in [5.74, 6) is 2.77. The van der Waals surface area contributed by atoms with E-state index in [0.29, 0.717) is 17.5 Å². The number of rotatable bonds is 6. The highest BCUT2D eigenvalue weighted by Gasteiger charge is 2.17. The molecule has 0 radical (unpaired) electrons. The average molecular weight is 679 g/mol. The molecule has 0 saturated carbocycles. The van der Waals surface area contributed by atoms with Gasteiger partial charge in [-0.2, -0.15) is 0 Å². The lowest BCUT2D eigenvalue weighted by Gasteiger charge is -2.11. The van der Waals surface area contributed by atoms with Crippen LogP contribution in [-0.4, -0.2) is 29.5 Å². The van der Waals surface area contributed by atoms with E-state index in [1.807, 2.05) is 91.1 Å². The predicted octanol–water partition coefficient (Wildman–Crippen LogP) is 11.2. The molecular weight excluding hydrogens is 649 g/mol. The van der Waals surface area contributed by atoms with Crippen LogP contribution in [0.3, 0.4) is 0 Å². The Bertz CT molecular complexity index is 2870. The number of hydrogen-bond acceptors (Lipinski definition) is 5. The molecule has 0 saturated heterocycles. The van der Waals surface area contributed by atoms with Gasteiger partial charge in [0.1, 0.15) is 5.69 Å². The minimum absolute atomic E-state index is 0.645. The topological polar surface area (TPSA) is 69.4 Å². The molecule has 6 heteroatoms. The summed E-state index contributed by atoms with van der Waals surface area (Å²) in [6.07, 6.45) is 1.81. The lowest BCUT2D eigenvalue weighted by Crippen LogP contribution is -2.00. The van der Waals surface area contributed by atoms with Gasteiger partial charge in [-0.05, 0) is 81.2 Å². The van der Waals surface area contributed by atoms with Crippen LogP contribution in [0.5, 0.6) is 0 Å². The number of fused-ring (bicyclic) bond motifs is 4. The molecule has 10 aromatic rings. The largest absolute Gasteiger partial charge is 0.291 e. The number of nitrogens with zero attached hydrogens (tertiary/aromatic N) is 6. The van der Waals surface area contributed by atoms with E-state index >= 15 is 0 Å². The van der Waals surface area contributed by atoms with Gasteiger partial charge in [-0.3, -0.25) is 9.55 Å². The van der Waals surface area contributed by atoms with E-state index in [-0.39, 0.29) is 0 Å². The fourth-order valence-electron chi connectivity index (χ4n) is 7.09. The molecule has 0 N–H and O–H groups in total. The third-order valence-electron chi connectivity index (χ3n) is 9.69. The summed E-state index contributed by atoms with van der Waals surface area (Å²) in [6.45, 7) is 0. The Labute approximate surface area is 305 Å². The zero-order chi connectivity index (χ0) is 35.1. The number of pyridine rings is 1. The van der Waals surface area contributed by atoms with Crippen LogP contribution in [0.1, 0.15) is 0 Å². The average Bonchev–Trinajstić information content (AvgIpc) is 3.63. The summed E-state index contributed by atoms with van der Waals surface area (Å²) in [6, 6.07) is 60.5. The van der Waals surface area contributed by atoms with Crippen molar-refractivity contribution in [3.05, 3.63) is 182 Å². The normalized spacial score (nSPS) is 11.4. The smallest absolute Gasteiger partial charge is 0.164 e. The number of aromatic nitrogens is 6. The van der Waals surface area contributed by atoms with E-state index < -0.39 is 0 Å². The summed E-state index contributed by atoms with van der Waals surface area (Å²) < 4.78 is 2.20. The number of imidazole rings is 1. The molecule has 3 heterocycles. The van der Waals surface area contributed by atoms with Gasteiger partial charge in [-0.25, -0.2) is 19.9 Å². The first-order valence-electron chi connectivity index (χ1n) is 17.6. The maximum atomic E-state index is 5.04. The van der Waals surface area contributed by atoms with Crippen LogP contribution in [-0.2, 0) is 0 Å². The third-order valence-corrected chi connectivity index (χ3v) is 9.69. The first-order chi connectivity index (χ1) is 26.2. The molecule has 10 rings (SSSR count). The van der Waals surface area contributed by atoms with E-state index in [0.717, 1.165) is 61.4 Å². The van der Waals surface area contributed by atoms with Crippen LogP contribution in [0.4, 0.5) is 0 Å². The van der Waals surface area contributed by atoms with Gasteiger partial charge in [0.2, 0.25) is 0 Å². The van der Waals surface area contributed by atoms with Crippen LogP contribution >= 0.6 is 0 Å². The standard InChI is InChI=1S/C47H30N6/c1-4-12-31(13-5-1)44-50-45(32-14-6-2-7-15-32)52-46(51-44)37-22-25-40-36(29-37)20-19-35-28-33(21-24-39(35)40)34-23-26-41-43(30-34)53(38-16-8-3-9-17-38)47(49-41)42-18-10-11-27-48-42/h1-30H. The number of para-hydroxylation sites is 1. The summed E-state index contributed by atoms with van der Waals surface area (Å²) in [5, 5.41) is 4.67. The molecule has 0 aliphatic rings. The molecule has 0 unspecified atom stereocenters. The summed E-state index contributed by atoms with van der Waals surface area (Å²) in [5.41, 5.74) is 8.94. The molecule has 0 fully saturated rings. The molecule has 0 atom stereocenters. The second kappa shape index (κ2) is 12.8. The van der Waals surface area contributed by atoms with Gasteiger partial charge in [-0.1, -0.05) is 127 Å². The summed E-state index contributed by atoms with van der Waals surface area (Å²) in [7, 11) is 0. The van der Waals surface area contributed by atoms with Crippen LogP contribution in [0, 0.1) is 0 Å². The maximum absolute atomic E-state index is 5.04. The van der Waals surface area contributed by atoms with E-state index in [9.17, 15) is 0 Å². The molecule has 53 heavy (non-hydrogen) atoms. The predicted molar refractivity (Wildman–Crippen MR) is 214 cm³/mol. The Morgan fingerprint density at radius 2 is 0.906 bits per heavy atom. The number of benzene rings is 7. The first kappa shape index (κ1) is 30.5. The molecule has 0 bridgehead atoms. The van der Waals surface area contributed by atoms with Crippen molar-refractivity contribution in [3.8, 4) is 62.5 Å². The lowest BCUT2D eigenvalue weighted by atomic mass is 9.96. The SMILES string of the molecule is c1ccc(-c2nc(-c3ccccc3)nc(-c3ccc4c(ccc5cc(-c6ccc7nc(-c8ccccn8)n(-c8ccccc8)c7c6)ccc54)c3)n2)cc1. The molecule has 0 aliphatic heterocycles. The van der Waals surface area contributed by atoms with Crippen LogP contribution in [0.25, 0.3) is 95.1 Å². The molecule has 248 valence electrons. The molecule has 0 aliphatic carbocycles. The van der Waals surface area contributed by atoms with Crippen molar-refractivity contribution >= 4 is 32.6 Å². The van der Waals surface area contributed by atoms with Crippen molar-refractivity contribution in [3.63, 3.8) is 0 Å². The fraction of sp³-hybridized carbons (Fsp3) is 0. The Morgan fingerprint density at radius 3 is 1.53 bits per heavy atom. The number of hydrogen-bond donors (Lipinski definition) is 0. The van der Waals surface area contributed by atoms with Gasteiger partial charge in [0.05, 0.1) is 11.0 Å². The van der Waals surface area contributed by atoms with Gasteiger partial charge in [0.25, 0.3) is 0 Å². The zero-order valence-corrected chi connectivity index (χ0v) is 28.5. The van der Waals surface area contributed by atoms with Gasteiger partial charge < -0.3 is 0 Å². The minimum Gasteiger partial charge on any atom is -0.291 e. The maximum Gasteiger partial charge on any atom is 0.164 e. The fourth-order valence-corrected chi connectivity index (χ4v) is 7.09. The van der Waals surface area contributed by atoms with E-state index in [4.69, 9.17) is 19.9 Å². The third kappa shape index (κ3) is 5.59. The van der Waals surface area contributed by atoms with Crippen molar-refractivity contribution in [2.24, 2.45) is 0 Å². The Morgan fingerprint density at radius 1 is 0.377 bits per heavy atom. The summed E-state index contributed by atoms with van der Waals surface area (Å²) >= 11 is 0. The second-order valence-electron chi connectivity index (χ2n) is 13.0. The second-order valence-corrected chi connectivity index (χ2v) is 13.0. The Balaban J connectivity index is 1.05. The molecule has 6 nitrogen and oxygen atoms in total. The van der Waals surface area contributed by atoms with Crippen LogP contribution in [0.15, 0.2) is 182 Å².